The highest BCUT2D eigenvalue weighted by molar-refractivity contribution is 6.32. The first-order chi connectivity index (χ1) is 9.54. The summed E-state index contributed by atoms with van der Waals surface area (Å²) in [6.45, 7) is 4.23. The molecule has 0 unspecified atom stereocenters. The van der Waals surface area contributed by atoms with Crippen molar-refractivity contribution in [2.75, 3.05) is 7.11 Å². The number of hydrogen-bond acceptors (Lipinski definition) is 3. The van der Waals surface area contributed by atoms with Gasteiger partial charge in [-0.15, -0.1) is 0 Å². The number of ether oxygens (including phenoxy) is 1. The Balaban J connectivity index is 2.66. The quantitative estimate of drug-likeness (QED) is 0.602. The summed E-state index contributed by atoms with van der Waals surface area (Å²) in [5.74, 6) is 0.993. The Bertz CT molecular complexity index is 542. The summed E-state index contributed by atoms with van der Waals surface area (Å²) in [5, 5.41) is 0.584. The number of isocyanates is 1. The molecule has 1 aromatic rings. The molecule has 0 N–H and O–H groups in total. The molecule has 0 aliphatic heterocycles. The van der Waals surface area contributed by atoms with Gasteiger partial charge in [-0.25, -0.2) is 4.79 Å². The van der Waals surface area contributed by atoms with Crippen LogP contribution in [0.4, 0.5) is 0 Å². The van der Waals surface area contributed by atoms with Crippen LogP contribution in [-0.2, 0) is 10.3 Å². The number of benzene rings is 1. The minimum atomic E-state index is -0.512. The van der Waals surface area contributed by atoms with Crippen LogP contribution in [0.25, 0.3) is 0 Å². The van der Waals surface area contributed by atoms with Crippen LogP contribution in [0.15, 0.2) is 17.1 Å². The number of halogens is 1. The van der Waals surface area contributed by atoms with E-state index >= 15 is 0 Å². The Kier molecular flexibility index (Phi) is 4.52. The number of methoxy groups -OCH3 is 1. The predicted molar refractivity (Wildman–Crippen MR) is 80.4 cm³/mol. The zero-order valence-electron chi connectivity index (χ0n) is 12.2. The van der Waals surface area contributed by atoms with E-state index in [1.807, 2.05) is 6.07 Å². The summed E-state index contributed by atoms with van der Waals surface area (Å²) in [4.78, 5) is 15.0. The van der Waals surface area contributed by atoms with E-state index in [0.29, 0.717) is 16.7 Å². The molecule has 0 heterocycles. The number of nitrogens with zero attached hydrogens (tertiary/aromatic N) is 1. The van der Waals surface area contributed by atoms with E-state index in [1.165, 1.54) is 0 Å². The molecule has 0 saturated heterocycles. The van der Waals surface area contributed by atoms with E-state index in [4.69, 9.17) is 16.3 Å². The molecular formula is C16H20ClNO2. The van der Waals surface area contributed by atoms with Gasteiger partial charge >= 0.3 is 0 Å². The Morgan fingerprint density at radius 2 is 2.00 bits per heavy atom. The molecule has 2 rings (SSSR count). The van der Waals surface area contributed by atoms with Gasteiger partial charge in [0.15, 0.2) is 0 Å². The van der Waals surface area contributed by atoms with E-state index in [9.17, 15) is 4.79 Å². The summed E-state index contributed by atoms with van der Waals surface area (Å²) in [7, 11) is 1.60. The number of carbonyl (C=O) groups excluding carboxylic acids is 1. The third-order valence-electron chi connectivity index (χ3n) is 4.13. The lowest BCUT2D eigenvalue weighted by atomic mass is 9.85. The third kappa shape index (κ3) is 2.61. The lowest BCUT2D eigenvalue weighted by molar-refractivity contribution is 0.379. The van der Waals surface area contributed by atoms with Gasteiger partial charge in [-0.2, -0.15) is 4.99 Å². The minimum absolute atomic E-state index is 0.357. The summed E-state index contributed by atoms with van der Waals surface area (Å²) in [6, 6.07) is 4.02. The van der Waals surface area contributed by atoms with E-state index in [2.05, 4.69) is 24.9 Å². The van der Waals surface area contributed by atoms with E-state index in [0.717, 1.165) is 36.8 Å². The van der Waals surface area contributed by atoms with Crippen LogP contribution in [0.2, 0.25) is 5.02 Å². The van der Waals surface area contributed by atoms with Crippen molar-refractivity contribution in [2.45, 2.75) is 51.0 Å². The molecule has 4 heteroatoms. The summed E-state index contributed by atoms with van der Waals surface area (Å²) < 4.78 is 5.47. The van der Waals surface area contributed by atoms with Crippen LogP contribution in [-0.4, -0.2) is 13.2 Å². The van der Waals surface area contributed by atoms with E-state index < -0.39 is 5.54 Å². The molecule has 0 amide bonds. The maximum atomic E-state index is 10.9. The molecule has 0 spiro atoms. The third-order valence-corrected chi connectivity index (χ3v) is 4.41. The Morgan fingerprint density at radius 3 is 2.50 bits per heavy atom. The molecule has 108 valence electrons. The maximum Gasteiger partial charge on any atom is 0.235 e. The minimum Gasteiger partial charge on any atom is -0.495 e. The summed E-state index contributed by atoms with van der Waals surface area (Å²) >= 11 is 6.35. The molecule has 1 aliphatic carbocycles. The van der Waals surface area contributed by atoms with Crippen LogP contribution < -0.4 is 4.74 Å². The predicted octanol–water partition coefficient (Wildman–Crippen LogP) is 4.58. The SMILES string of the molecule is COc1c(Cl)cc(C(C)C)cc1C1(N=C=O)CCCC1. The first-order valence-electron chi connectivity index (χ1n) is 7.01. The highest BCUT2D eigenvalue weighted by Crippen LogP contribution is 2.48. The number of hydrogen-bond donors (Lipinski definition) is 0. The molecular weight excluding hydrogens is 274 g/mol. The molecule has 1 saturated carbocycles. The standard InChI is InChI=1S/C16H20ClNO2/c1-11(2)12-8-13(15(20-3)14(17)9-12)16(18-10-19)6-4-5-7-16/h8-9,11H,4-7H2,1-3H3. The number of aliphatic imine (C=N–C) groups is 1. The zero-order chi connectivity index (χ0) is 14.8. The van der Waals surface area contributed by atoms with Gasteiger partial charge in [0.25, 0.3) is 0 Å². The van der Waals surface area contributed by atoms with Gasteiger partial charge in [-0.1, -0.05) is 38.3 Å². The van der Waals surface area contributed by atoms with Crippen LogP contribution in [0.1, 0.15) is 56.6 Å². The van der Waals surface area contributed by atoms with Gasteiger partial charge < -0.3 is 4.74 Å². The second kappa shape index (κ2) is 5.99. The van der Waals surface area contributed by atoms with Crippen LogP contribution in [0, 0.1) is 0 Å². The molecule has 0 bridgehead atoms. The topological polar surface area (TPSA) is 38.7 Å². The van der Waals surface area contributed by atoms with Crippen molar-refractivity contribution in [3.05, 3.63) is 28.3 Å². The van der Waals surface area contributed by atoms with Crippen molar-refractivity contribution >= 4 is 17.7 Å². The fourth-order valence-corrected chi connectivity index (χ4v) is 3.29. The van der Waals surface area contributed by atoms with Gasteiger partial charge in [0.1, 0.15) is 11.3 Å². The molecule has 0 radical (unpaired) electrons. The fraction of sp³-hybridized carbons (Fsp3) is 0.562. The first kappa shape index (κ1) is 15.1. The second-order valence-corrected chi connectivity index (χ2v) is 6.09. The van der Waals surface area contributed by atoms with Crippen molar-refractivity contribution in [3.8, 4) is 5.75 Å². The monoisotopic (exact) mass is 293 g/mol. The Morgan fingerprint density at radius 1 is 1.35 bits per heavy atom. The number of rotatable bonds is 4. The van der Waals surface area contributed by atoms with Crippen molar-refractivity contribution in [2.24, 2.45) is 4.99 Å². The van der Waals surface area contributed by atoms with Gasteiger partial charge in [-0.3, -0.25) is 0 Å². The molecule has 20 heavy (non-hydrogen) atoms. The Labute approximate surface area is 125 Å². The van der Waals surface area contributed by atoms with E-state index in [-0.39, 0.29) is 0 Å². The highest BCUT2D eigenvalue weighted by atomic mass is 35.5. The fourth-order valence-electron chi connectivity index (χ4n) is 2.99. The van der Waals surface area contributed by atoms with Gasteiger partial charge in [0, 0.05) is 5.56 Å². The maximum absolute atomic E-state index is 10.9. The Hall–Kier alpha value is -1.31. The first-order valence-corrected chi connectivity index (χ1v) is 7.39. The average Bonchev–Trinajstić information content (AvgIpc) is 2.87. The molecule has 1 aromatic carbocycles. The van der Waals surface area contributed by atoms with Crippen molar-refractivity contribution < 1.29 is 9.53 Å². The van der Waals surface area contributed by atoms with Gasteiger partial charge in [-0.05, 0) is 36.5 Å². The summed E-state index contributed by atoms with van der Waals surface area (Å²) in [5.41, 5.74) is 1.55. The molecule has 3 nitrogen and oxygen atoms in total. The smallest absolute Gasteiger partial charge is 0.235 e. The molecule has 1 fully saturated rings. The van der Waals surface area contributed by atoms with Gasteiger partial charge in [0.05, 0.1) is 12.1 Å². The second-order valence-electron chi connectivity index (χ2n) is 5.68. The van der Waals surface area contributed by atoms with Gasteiger partial charge in [0.2, 0.25) is 6.08 Å². The molecule has 0 atom stereocenters. The average molecular weight is 294 g/mol. The van der Waals surface area contributed by atoms with Crippen LogP contribution >= 0.6 is 11.6 Å². The lowest BCUT2D eigenvalue weighted by Crippen LogP contribution is -2.20. The highest BCUT2D eigenvalue weighted by Gasteiger charge is 2.39. The van der Waals surface area contributed by atoms with E-state index in [1.54, 1.807) is 13.2 Å². The van der Waals surface area contributed by atoms with Crippen LogP contribution in [0.5, 0.6) is 5.75 Å². The molecule has 1 aliphatic rings. The molecule has 0 aromatic heterocycles. The largest absolute Gasteiger partial charge is 0.495 e. The summed E-state index contributed by atoms with van der Waals surface area (Å²) in [6.07, 6.45) is 5.54. The normalized spacial score (nSPS) is 17.1. The van der Waals surface area contributed by atoms with Crippen LogP contribution in [0.3, 0.4) is 0 Å². The van der Waals surface area contributed by atoms with Crippen molar-refractivity contribution in [3.63, 3.8) is 0 Å². The van der Waals surface area contributed by atoms with Crippen molar-refractivity contribution in [1.82, 2.24) is 0 Å². The lowest BCUT2D eigenvalue weighted by Gasteiger charge is -2.27. The zero-order valence-corrected chi connectivity index (χ0v) is 13.0. The van der Waals surface area contributed by atoms with Crippen molar-refractivity contribution in [1.29, 1.82) is 0 Å².